The Morgan fingerprint density at radius 3 is 2.59 bits per heavy atom. The first kappa shape index (κ1) is 12.1. The molecule has 1 aromatic rings. The van der Waals surface area contributed by atoms with Crippen LogP contribution in [-0.2, 0) is 0 Å². The number of aliphatic hydroxyl groups is 2. The van der Waals surface area contributed by atoms with E-state index in [-0.39, 0.29) is 5.78 Å². The first-order chi connectivity index (χ1) is 7.83. The second-order valence-corrected chi connectivity index (χ2v) is 4.90. The van der Waals surface area contributed by atoms with E-state index < -0.39 is 17.8 Å². The zero-order valence-corrected chi connectivity index (χ0v) is 10.1. The molecule has 2 atom stereocenters. The van der Waals surface area contributed by atoms with Crippen molar-refractivity contribution in [2.45, 2.75) is 38.6 Å². The van der Waals surface area contributed by atoms with Gasteiger partial charge in [-0.2, -0.15) is 0 Å². The normalized spacial score (nSPS) is 25.9. The summed E-state index contributed by atoms with van der Waals surface area (Å²) in [7, 11) is 0. The highest BCUT2D eigenvalue weighted by atomic mass is 16.5. The molecule has 0 aliphatic carbocycles. The van der Waals surface area contributed by atoms with E-state index >= 15 is 0 Å². The molecular formula is C13H16O4. The van der Waals surface area contributed by atoms with Crippen LogP contribution in [0.4, 0.5) is 0 Å². The number of carbonyl (C=O) groups excluding carboxylic acids is 1. The molecule has 0 saturated heterocycles. The molecule has 4 heteroatoms. The van der Waals surface area contributed by atoms with Crippen molar-refractivity contribution in [2.24, 2.45) is 0 Å². The molecule has 0 saturated carbocycles. The maximum Gasteiger partial charge on any atom is 0.159 e. The number of hydrogen-bond acceptors (Lipinski definition) is 4. The summed E-state index contributed by atoms with van der Waals surface area (Å²) < 4.78 is 5.62. The number of Topliss-reactive ketones (excluding diaryl/α,β-unsaturated/α-hetero) is 1. The quantitative estimate of drug-likeness (QED) is 0.724. The fourth-order valence-electron chi connectivity index (χ4n) is 1.99. The van der Waals surface area contributed by atoms with Crippen molar-refractivity contribution in [2.75, 3.05) is 0 Å². The molecule has 0 bridgehead atoms. The lowest BCUT2D eigenvalue weighted by molar-refractivity contribution is -0.111. The van der Waals surface area contributed by atoms with Gasteiger partial charge in [-0.3, -0.25) is 4.79 Å². The third-order valence-electron chi connectivity index (χ3n) is 3.12. The number of rotatable bonds is 1. The molecule has 0 radical (unpaired) electrons. The van der Waals surface area contributed by atoms with Gasteiger partial charge in [0.25, 0.3) is 0 Å². The number of ketones is 1. The fraction of sp³-hybridized carbons (Fsp3) is 0.462. The molecule has 0 spiro atoms. The lowest BCUT2D eigenvalue weighted by atomic mass is 9.87. The Bertz CT molecular complexity index is 464. The SMILES string of the molecule is CC(=O)c1ccc2c(c1)[C@H](O)[C@H](O)C(C)(C)O2. The highest BCUT2D eigenvalue weighted by Gasteiger charge is 2.42. The van der Waals surface area contributed by atoms with Gasteiger partial charge >= 0.3 is 0 Å². The number of hydrogen-bond donors (Lipinski definition) is 2. The standard InChI is InChI=1S/C13H16O4/c1-7(14)8-4-5-10-9(6-8)11(15)12(16)13(2,3)17-10/h4-6,11-12,15-16H,1-3H3/t11-,12-/m0/s1. The van der Waals surface area contributed by atoms with Gasteiger partial charge < -0.3 is 14.9 Å². The molecule has 1 aliphatic rings. The monoisotopic (exact) mass is 236 g/mol. The molecule has 2 rings (SSSR count). The summed E-state index contributed by atoms with van der Waals surface area (Å²) in [5.41, 5.74) is 0.118. The third-order valence-corrected chi connectivity index (χ3v) is 3.12. The molecule has 1 aromatic carbocycles. The molecule has 0 fully saturated rings. The maximum absolute atomic E-state index is 11.3. The molecule has 92 valence electrons. The highest BCUT2D eigenvalue weighted by Crippen LogP contribution is 2.40. The lowest BCUT2D eigenvalue weighted by Crippen LogP contribution is -2.48. The van der Waals surface area contributed by atoms with E-state index in [4.69, 9.17) is 4.74 Å². The van der Waals surface area contributed by atoms with Crippen LogP contribution in [0.1, 0.15) is 42.8 Å². The second-order valence-electron chi connectivity index (χ2n) is 4.90. The number of carbonyl (C=O) groups is 1. The predicted molar refractivity (Wildman–Crippen MR) is 62.1 cm³/mol. The largest absolute Gasteiger partial charge is 0.485 e. The predicted octanol–water partition coefficient (Wildman–Crippen LogP) is 1.45. The van der Waals surface area contributed by atoms with Crippen LogP contribution in [0.5, 0.6) is 5.75 Å². The Kier molecular flexibility index (Phi) is 2.72. The summed E-state index contributed by atoms with van der Waals surface area (Å²) in [6.45, 7) is 4.88. The van der Waals surface area contributed by atoms with Crippen molar-refractivity contribution in [3.05, 3.63) is 29.3 Å². The molecule has 17 heavy (non-hydrogen) atoms. The summed E-state index contributed by atoms with van der Waals surface area (Å²) >= 11 is 0. The zero-order valence-electron chi connectivity index (χ0n) is 10.1. The first-order valence-corrected chi connectivity index (χ1v) is 5.53. The van der Waals surface area contributed by atoms with Gasteiger partial charge in [0, 0.05) is 11.1 Å². The molecule has 4 nitrogen and oxygen atoms in total. The van der Waals surface area contributed by atoms with Gasteiger partial charge in [0.05, 0.1) is 0 Å². The minimum atomic E-state index is -1.03. The molecule has 0 unspecified atom stereocenters. The van der Waals surface area contributed by atoms with Gasteiger partial charge in [-0.25, -0.2) is 0 Å². The molecule has 1 heterocycles. The molecule has 1 aliphatic heterocycles. The number of aliphatic hydroxyl groups excluding tert-OH is 2. The van der Waals surface area contributed by atoms with E-state index in [0.717, 1.165) is 0 Å². The van der Waals surface area contributed by atoms with Crippen LogP contribution < -0.4 is 4.74 Å². The number of benzene rings is 1. The zero-order chi connectivity index (χ0) is 12.8. The second kappa shape index (κ2) is 3.82. The molecule has 0 aromatic heterocycles. The summed E-state index contributed by atoms with van der Waals surface area (Å²) in [6, 6.07) is 4.88. The van der Waals surface area contributed by atoms with Gasteiger partial charge in [-0.05, 0) is 39.0 Å². The maximum atomic E-state index is 11.3. The summed E-state index contributed by atoms with van der Waals surface area (Å²) in [5.74, 6) is 0.428. The summed E-state index contributed by atoms with van der Waals surface area (Å²) in [5, 5.41) is 20.0. The van der Waals surface area contributed by atoms with E-state index in [1.165, 1.54) is 6.92 Å². The fourth-order valence-corrected chi connectivity index (χ4v) is 1.99. The minimum Gasteiger partial charge on any atom is -0.485 e. The van der Waals surface area contributed by atoms with Crippen molar-refractivity contribution < 1.29 is 19.7 Å². The van der Waals surface area contributed by atoms with Crippen LogP contribution in [-0.4, -0.2) is 27.7 Å². The smallest absolute Gasteiger partial charge is 0.159 e. The Morgan fingerprint density at radius 1 is 1.35 bits per heavy atom. The van der Waals surface area contributed by atoms with Gasteiger partial charge in [0.2, 0.25) is 0 Å². The van der Waals surface area contributed by atoms with E-state index in [9.17, 15) is 15.0 Å². The average molecular weight is 236 g/mol. The first-order valence-electron chi connectivity index (χ1n) is 5.53. The van der Waals surface area contributed by atoms with Gasteiger partial charge in [0.1, 0.15) is 23.6 Å². The van der Waals surface area contributed by atoms with E-state index in [0.29, 0.717) is 16.9 Å². The van der Waals surface area contributed by atoms with Crippen molar-refractivity contribution >= 4 is 5.78 Å². The topological polar surface area (TPSA) is 66.8 Å². The van der Waals surface area contributed by atoms with Gasteiger partial charge in [0.15, 0.2) is 5.78 Å². The lowest BCUT2D eigenvalue weighted by Gasteiger charge is -2.40. The van der Waals surface area contributed by atoms with Crippen LogP contribution in [0, 0.1) is 0 Å². The van der Waals surface area contributed by atoms with Crippen LogP contribution >= 0.6 is 0 Å². The third kappa shape index (κ3) is 1.94. The van der Waals surface area contributed by atoms with Gasteiger partial charge in [-0.15, -0.1) is 0 Å². The Hall–Kier alpha value is -1.39. The van der Waals surface area contributed by atoms with Crippen molar-refractivity contribution in [1.82, 2.24) is 0 Å². The van der Waals surface area contributed by atoms with Crippen LogP contribution in [0.15, 0.2) is 18.2 Å². The van der Waals surface area contributed by atoms with E-state index in [1.54, 1.807) is 32.0 Å². The Balaban J connectivity index is 2.50. The molecular weight excluding hydrogens is 220 g/mol. The van der Waals surface area contributed by atoms with Crippen molar-refractivity contribution in [3.8, 4) is 5.75 Å². The van der Waals surface area contributed by atoms with E-state index in [1.807, 2.05) is 0 Å². The molecule has 0 amide bonds. The number of fused-ring (bicyclic) bond motifs is 1. The van der Waals surface area contributed by atoms with Crippen LogP contribution in [0.3, 0.4) is 0 Å². The minimum absolute atomic E-state index is 0.0840. The Morgan fingerprint density at radius 2 is 2.00 bits per heavy atom. The number of ether oxygens (including phenoxy) is 1. The molecule has 2 N–H and O–H groups in total. The van der Waals surface area contributed by atoms with Gasteiger partial charge in [-0.1, -0.05) is 0 Å². The van der Waals surface area contributed by atoms with E-state index in [2.05, 4.69) is 0 Å². The average Bonchev–Trinajstić information content (AvgIpc) is 2.25. The highest BCUT2D eigenvalue weighted by molar-refractivity contribution is 5.94. The summed E-state index contributed by atoms with van der Waals surface area (Å²) in [4.78, 5) is 11.3. The van der Waals surface area contributed by atoms with Crippen molar-refractivity contribution in [3.63, 3.8) is 0 Å². The van der Waals surface area contributed by atoms with Crippen molar-refractivity contribution in [1.29, 1.82) is 0 Å². The Labute approximate surface area is 99.8 Å². The summed E-state index contributed by atoms with van der Waals surface area (Å²) in [6.07, 6.45) is -2.05. The van der Waals surface area contributed by atoms with Crippen LogP contribution in [0.25, 0.3) is 0 Å². The van der Waals surface area contributed by atoms with Crippen LogP contribution in [0.2, 0.25) is 0 Å².